The van der Waals surface area contributed by atoms with Crippen LogP contribution in [0.1, 0.15) is 39.0 Å². The van der Waals surface area contributed by atoms with Crippen molar-refractivity contribution in [1.82, 2.24) is 5.32 Å². The fourth-order valence-electron chi connectivity index (χ4n) is 2.54. The minimum Gasteiger partial charge on any atom is -0.376 e. The first kappa shape index (κ1) is 12.8. The van der Waals surface area contributed by atoms with Crippen molar-refractivity contribution in [2.45, 2.75) is 51.2 Å². The van der Waals surface area contributed by atoms with Crippen LogP contribution in [-0.4, -0.2) is 31.2 Å². The maximum atomic E-state index is 12.0. The van der Waals surface area contributed by atoms with E-state index in [9.17, 15) is 4.79 Å². The van der Waals surface area contributed by atoms with Crippen molar-refractivity contribution < 1.29 is 9.53 Å². The predicted octanol–water partition coefficient (Wildman–Crippen LogP) is 1.05. The van der Waals surface area contributed by atoms with Gasteiger partial charge in [-0.1, -0.05) is 6.92 Å². The molecule has 3 N–H and O–H groups in total. The van der Waals surface area contributed by atoms with Crippen molar-refractivity contribution in [3.05, 3.63) is 0 Å². The van der Waals surface area contributed by atoms with Crippen LogP contribution in [0.25, 0.3) is 0 Å². The zero-order valence-corrected chi connectivity index (χ0v) is 10.7. The predicted molar refractivity (Wildman–Crippen MR) is 66.5 cm³/mol. The van der Waals surface area contributed by atoms with Gasteiger partial charge < -0.3 is 15.8 Å². The number of carbonyl (C=O) groups excluding carboxylic acids is 1. The van der Waals surface area contributed by atoms with E-state index in [-0.39, 0.29) is 24.0 Å². The highest BCUT2D eigenvalue weighted by Gasteiger charge is 2.41. The molecule has 3 atom stereocenters. The van der Waals surface area contributed by atoms with E-state index in [0.29, 0.717) is 12.5 Å². The number of hydrogen-bond donors (Lipinski definition) is 2. The van der Waals surface area contributed by atoms with Gasteiger partial charge in [-0.3, -0.25) is 4.79 Å². The zero-order chi connectivity index (χ0) is 12.3. The summed E-state index contributed by atoms with van der Waals surface area (Å²) in [5, 5.41) is 3.15. The van der Waals surface area contributed by atoms with Gasteiger partial charge in [0.15, 0.2) is 0 Å². The molecule has 0 bridgehead atoms. The first-order valence-corrected chi connectivity index (χ1v) is 6.84. The lowest BCUT2D eigenvalue weighted by atomic mass is 10.0. The van der Waals surface area contributed by atoms with Crippen LogP contribution < -0.4 is 11.1 Å². The van der Waals surface area contributed by atoms with Crippen molar-refractivity contribution in [2.75, 3.05) is 13.2 Å². The topological polar surface area (TPSA) is 64.4 Å². The van der Waals surface area contributed by atoms with E-state index >= 15 is 0 Å². The molecule has 4 heteroatoms. The molecule has 0 spiro atoms. The normalized spacial score (nSPS) is 30.2. The molecule has 1 saturated heterocycles. The maximum Gasteiger partial charge on any atom is 0.223 e. The van der Waals surface area contributed by atoms with Gasteiger partial charge in [-0.2, -0.15) is 0 Å². The molecule has 0 aromatic rings. The highest BCUT2D eigenvalue weighted by molar-refractivity contribution is 5.78. The molecule has 1 saturated carbocycles. The van der Waals surface area contributed by atoms with Crippen molar-refractivity contribution >= 4 is 5.91 Å². The van der Waals surface area contributed by atoms with Gasteiger partial charge in [-0.25, -0.2) is 0 Å². The van der Waals surface area contributed by atoms with Crippen LogP contribution >= 0.6 is 0 Å². The van der Waals surface area contributed by atoms with Gasteiger partial charge in [0.2, 0.25) is 5.91 Å². The third-order valence-electron chi connectivity index (χ3n) is 3.84. The number of ether oxygens (including phenoxy) is 1. The Hall–Kier alpha value is -0.610. The monoisotopic (exact) mass is 240 g/mol. The third kappa shape index (κ3) is 3.42. The van der Waals surface area contributed by atoms with E-state index in [1.807, 2.05) is 6.92 Å². The summed E-state index contributed by atoms with van der Waals surface area (Å²) in [6.45, 7) is 3.44. The fraction of sp³-hybridized carbons (Fsp3) is 0.923. The minimum atomic E-state index is 0.0685. The number of nitrogens with one attached hydrogen (secondary N) is 1. The second-order valence-electron chi connectivity index (χ2n) is 5.41. The van der Waals surface area contributed by atoms with E-state index in [4.69, 9.17) is 10.5 Å². The number of carbonyl (C=O) groups is 1. The van der Waals surface area contributed by atoms with E-state index in [0.717, 1.165) is 25.9 Å². The number of amides is 1. The van der Waals surface area contributed by atoms with Gasteiger partial charge in [0, 0.05) is 12.5 Å². The van der Waals surface area contributed by atoms with E-state index in [1.165, 1.54) is 12.8 Å². The van der Waals surface area contributed by atoms with Gasteiger partial charge >= 0.3 is 0 Å². The summed E-state index contributed by atoms with van der Waals surface area (Å²) in [5.74, 6) is 0.931. The molecular formula is C13H24N2O2. The third-order valence-corrected chi connectivity index (χ3v) is 3.84. The van der Waals surface area contributed by atoms with Gasteiger partial charge in [-0.05, 0) is 44.6 Å². The summed E-state index contributed by atoms with van der Waals surface area (Å²) in [6.07, 6.45) is 5.57. The lowest BCUT2D eigenvalue weighted by Gasteiger charge is -2.21. The molecule has 1 aliphatic heterocycles. The summed E-state index contributed by atoms with van der Waals surface area (Å²) in [7, 11) is 0. The Kier molecular flexibility index (Phi) is 4.40. The Balaban J connectivity index is 1.76. The van der Waals surface area contributed by atoms with E-state index in [1.54, 1.807) is 0 Å². The molecule has 3 unspecified atom stereocenters. The standard InChI is InChI=1S/C13H24N2O2/c1-9(3-2-7-14)13(16)15-11-6-8-17-12(11)10-4-5-10/h9-12H,2-8,14H2,1H3,(H,15,16). The van der Waals surface area contributed by atoms with Crippen LogP contribution in [-0.2, 0) is 9.53 Å². The maximum absolute atomic E-state index is 12.0. The first-order chi connectivity index (χ1) is 8.22. The molecule has 4 nitrogen and oxygen atoms in total. The van der Waals surface area contributed by atoms with Crippen LogP contribution in [0.2, 0.25) is 0 Å². The van der Waals surface area contributed by atoms with Crippen molar-refractivity contribution in [3.63, 3.8) is 0 Å². The highest BCUT2D eigenvalue weighted by atomic mass is 16.5. The van der Waals surface area contributed by atoms with Gasteiger partial charge in [0.05, 0.1) is 12.1 Å². The lowest BCUT2D eigenvalue weighted by molar-refractivity contribution is -0.125. The number of rotatable bonds is 6. The molecule has 2 rings (SSSR count). The summed E-state index contributed by atoms with van der Waals surface area (Å²) in [6, 6.07) is 0.246. The molecule has 0 aromatic carbocycles. The Labute approximate surface area is 103 Å². The Bertz CT molecular complexity index is 266. The number of nitrogens with two attached hydrogens (primary N) is 1. The number of hydrogen-bond acceptors (Lipinski definition) is 3. The van der Waals surface area contributed by atoms with Crippen LogP contribution in [0.4, 0.5) is 0 Å². The Morgan fingerprint density at radius 2 is 2.24 bits per heavy atom. The Morgan fingerprint density at radius 1 is 1.47 bits per heavy atom. The molecule has 0 radical (unpaired) electrons. The summed E-state index contributed by atoms with van der Waals surface area (Å²) in [5.41, 5.74) is 5.46. The van der Waals surface area contributed by atoms with Crippen LogP contribution in [0.5, 0.6) is 0 Å². The lowest BCUT2D eigenvalue weighted by Crippen LogP contribution is -2.43. The second kappa shape index (κ2) is 5.83. The largest absolute Gasteiger partial charge is 0.376 e. The molecule has 1 amide bonds. The van der Waals surface area contributed by atoms with E-state index in [2.05, 4.69) is 5.32 Å². The average Bonchev–Trinajstić information content (AvgIpc) is 3.07. The Morgan fingerprint density at radius 3 is 2.88 bits per heavy atom. The minimum absolute atomic E-state index is 0.0685. The van der Waals surface area contributed by atoms with Gasteiger partial charge in [0.25, 0.3) is 0 Å². The smallest absolute Gasteiger partial charge is 0.223 e. The van der Waals surface area contributed by atoms with Crippen molar-refractivity contribution in [1.29, 1.82) is 0 Å². The van der Waals surface area contributed by atoms with Crippen molar-refractivity contribution in [2.24, 2.45) is 17.6 Å². The molecule has 17 heavy (non-hydrogen) atoms. The molecule has 0 aromatic heterocycles. The first-order valence-electron chi connectivity index (χ1n) is 6.84. The van der Waals surface area contributed by atoms with E-state index < -0.39 is 0 Å². The fourth-order valence-corrected chi connectivity index (χ4v) is 2.54. The highest BCUT2D eigenvalue weighted by Crippen LogP contribution is 2.38. The summed E-state index contributed by atoms with van der Waals surface area (Å²) in [4.78, 5) is 12.0. The SMILES string of the molecule is CC(CCCN)C(=O)NC1CCOC1C1CC1. The second-order valence-corrected chi connectivity index (χ2v) is 5.41. The van der Waals surface area contributed by atoms with Crippen LogP contribution in [0.3, 0.4) is 0 Å². The molecule has 1 aliphatic carbocycles. The molecule has 1 heterocycles. The van der Waals surface area contributed by atoms with Gasteiger partial charge in [-0.15, -0.1) is 0 Å². The molecule has 2 fully saturated rings. The molecular weight excluding hydrogens is 216 g/mol. The average molecular weight is 240 g/mol. The van der Waals surface area contributed by atoms with Crippen molar-refractivity contribution in [3.8, 4) is 0 Å². The van der Waals surface area contributed by atoms with Crippen LogP contribution in [0, 0.1) is 11.8 Å². The summed E-state index contributed by atoms with van der Waals surface area (Å²) < 4.78 is 5.72. The summed E-state index contributed by atoms with van der Waals surface area (Å²) >= 11 is 0. The molecule has 2 aliphatic rings. The zero-order valence-electron chi connectivity index (χ0n) is 10.7. The quantitative estimate of drug-likeness (QED) is 0.729. The van der Waals surface area contributed by atoms with Crippen LogP contribution in [0.15, 0.2) is 0 Å². The van der Waals surface area contributed by atoms with Gasteiger partial charge in [0.1, 0.15) is 0 Å². The molecule has 98 valence electrons.